The Bertz CT molecular complexity index is 466. The quantitative estimate of drug-likeness (QED) is 0.314. The fraction of sp³-hybridized carbons (Fsp3) is 0.125. The van der Waals surface area contributed by atoms with Crippen LogP contribution in [0.15, 0.2) is 12.1 Å². The van der Waals surface area contributed by atoms with Crippen LogP contribution in [0.3, 0.4) is 0 Å². The minimum absolute atomic E-state index is 0. The van der Waals surface area contributed by atoms with Crippen molar-refractivity contribution in [2.75, 3.05) is 0 Å². The van der Waals surface area contributed by atoms with Crippen molar-refractivity contribution in [2.24, 2.45) is 0 Å². The van der Waals surface area contributed by atoms with E-state index in [1.165, 1.54) is 6.92 Å². The molecule has 0 N–H and O–H groups in total. The predicted octanol–water partition coefficient (Wildman–Crippen LogP) is -2.82. The molecule has 0 saturated heterocycles. The number of nitro benzene ring substituents is 2. The first-order chi connectivity index (χ1) is 7.34. The van der Waals surface area contributed by atoms with Crippen LogP contribution in [-0.2, 0) is 0 Å². The molecule has 0 atom stereocenters. The van der Waals surface area contributed by atoms with Crippen LogP contribution in [-0.4, -0.2) is 15.8 Å². The zero-order valence-electron chi connectivity index (χ0n) is 9.00. The fourth-order valence-corrected chi connectivity index (χ4v) is 1.18. The van der Waals surface area contributed by atoms with Crippen LogP contribution in [0.4, 0.5) is 11.4 Å². The molecule has 17 heavy (non-hydrogen) atoms. The van der Waals surface area contributed by atoms with E-state index >= 15 is 0 Å². The average molecular weight is 232 g/mol. The topological polar surface area (TPSA) is 126 Å². The number of carboxylic acids is 1. The molecule has 0 spiro atoms. The van der Waals surface area contributed by atoms with Gasteiger partial charge in [-0.05, 0) is 6.92 Å². The van der Waals surface area contributed by atoms with Gasteiger partial charge in [-0.1, -0.05) is 0 Å². The van der Waals surface area contributed by atoms with E-state index in [-0.39, 0.29) is 24.4 Å². The molecule has 1 aromatic carbocycles. The summed E-state index contributed by atoms with van der Waals surface area (Å²) in [6.07, 6.45) is 0. The zero-order valence-corrected chi connectivity index (χ0v) is 9.00. The Hall–Kier alpha value is -1.91. The van der Waals surface area contributed by atoms with E-state index in [0.717, 1.165) is 12.1 Å². The number of hydrogen-bond acceptors (Lipinski definition) is 6. The van der Waals surface area contributed by atoms with Crippen molar-refractivity contribution in [1.82, 2.24) is 0 Å². The smallest absolute Gasteiger partial charge is 0.545 e. The standard InChI is InChI=1S/C8H6N2O6.Li/c1-4-6(9(13)14)2-5(8(11)12)3-7(4)10(15)16;/h2-3H,1H3,(H,11,12);/q;+1/p-1. The molecule has 9 heteroatoms. The first-order valence-corrected chi connectivity index (χ1v) is 3.99. The maximum atomic E-state index is 10.5. The van der Waals surface area contributed by atoms with Crippen molar-refractivity contribution >= 4 is 17.3 Å². The molecule has 0 radical (unpaired) electrons. The molecule has 0 unspecified atom stereocenters. The number of carbonyl (C=O) groups is 1. The van der Waals surface area contributed by atoms with Crippen molar-refractivity contribution in [3.63, 3.8) is 0 Å². The second kappa shape index (κ2) is 5.43. The van der Waals surface area contributed by atoms with Gasteiger partial charge in [0.15, 0.2) is 0 Å². The first kappa shape index (κ1) is 15.1. The number of nitro groups is 2. The van der Waals surface area contributed by atoms with Gasteiger partial charge in [0.05, 0.1) is 15.8 Å². The first-order valence-electron chi connectivity index (χ1n) is 3.99. The molecule has 84 valence electrons. The molecular formula is C8H5LiN2O6. The molecule has 8 nitrogen and oxygen atoms in total. The second-order valence-electron chi connectivity index (χ2n) is 2.94. The van der Waals surface area contributed by atoms with E-state index in [9.17, 15) is 30.1 Å². The SMILES string of the molecule is Cc1c([N+](=O)[O-])cc(C(=O)[O-])cc1[N+](=O)[O-].[Li+]. The van der Waals surface area contributed by atoms with Gasteiger partial charge in [-0.3, -0.25) is 20.2 Å². The predicted molar refractivity (Wildman–Crippen MR) is 48.8 cm³/mol. The van der Waals surface area contributed by atoms with Crippen LogP contribution in [0.5, 0.6) is 0 Å². The summed E-state index contributed by atoms with van der Waals surface area (Å²) in [5, 5.41) is 31.6. The molecule has 0 aliphatic rings. The van der Waals surface area contributed by atoms with Gasteiger partial charge in [-0.2, -0.15) is 0 Å². The molecular weight excluding hydrogens is 227 g/mol. The fourth-order valence-electron chi connectivity index (χ4n) is 1.18. The van der Waals surface area contributed by atoms with Gasteiger partial charge in [0, 0.05) is 17.7 Å². The van der Waals surface area contributed by atoms with Crippen LogP contribution >= 0.6 is 0 Å². The van der Waals surface area contributed by atoms with E-state index in [1.807, 2.05) is 0 Å². The second-order valence-corrected chi connectivity index (χ2v) is 2.94. The third-order valence-electron chi connectivity index (χ3n) is 1.98. The van der Waals surface area contributed by atoms with Crippen LogP contribution in [0.1, 0.15) is 15.9 Å². The third-order valence-corrected chi connectivity index (χ3v) is 1.98. The summed E-state index contributed by atoms with van der Waals surface area (Å²) in [4.78, 5) is 29.8. The minimum Gasteiger partial charge on any atom is -0.545 e. The maximum Gasteiger partial charge on any atom is 1.00 e. The summed E-state index contributed by atoms with van der Waals surface area (Å²) in [5.74, 6) is -1.70. The Kier molecular flexibility index (Phi) is 4.82. The summed E-state index contributed by atoms with van der Waals surface area (Å²) in [5.41, 5.74) is -2.02. The Labute approximate surface area is 107 Å². The molecule has 0 aliphatic carbocycles. The Balaban J connectivity index is 0.00000256. The van der Waals surface area contributed by atoms with Crippen molar-refractivity contribution in [2.45, 2.75) is 6.92 Å². The van der Waals surface area contributed by atoms with Gasteiger partial charge in [0.2, 0.25) is 0 Å². The van der Waals surface area contributed by atoms with Crippen molar-refractivity contribution in [3.05, 3.63) is 43.5 Å². The van der Waals surface area contributed by atoms with Crippen LogP contribution < -0.4 is 24.0 Å². The summed E-state index contributed by atoms with van der Waals surface area (Å²) in [7, 11) is 0. The molecule has 1 rings (SSSR count). The van der Waals surface area contributed by atoms with Gasteiger partial charge < -0.3 is 9.90 Å². The molecule has 0 saturated carbocycles. The van der Waals surface area contributed by atoms with Crippen LogP contribution in [0.25, 0.3) is 0 Å². The number of hydrogen-bond donors (Lipinski definition) is 0. The van der Waals surface area contributed by atoms with E-state index < -0.39 is 32.8 Å². The number of nitrogens with zero attached hydrogens (tertiary/aromatic N) is 2. The number of rotatable bonds is 3. The number of carbonyl (C=O) groups excluding carboxylic acids is 1. The van der Waals surface area contributed by atoms with Gasteiger partial charge in [-0.25, -0.2) is 0 Å². The Morgan fingerprint density at radius 3 is 1.71 bits per heavy atom. The van der Waals surface area contributed by atoms with Crippen molar-refractivity contribution in [1.29, 1.82) is 0 Å². The Morgan fingerprint density at radius 2 is 1.47 bits per heavy atom. The summed E-state index contributed by atoms with van der Waals surface area (Å²) in [6, 6.07) is 1.47. The Morgan fingerprint density at radius 1 is 1.12 bits per heavy atom. The summed E-state index contributed by atoms with van der Waals surface area (Å²) < 4.78 is 0. The van der Waals surface area contributed by atoms with Crippen molar-refractivity contribution < 1.29 is 38.6 Å². The number of carboxylic acid groups (broad SMARTS) is 1. The molecule has 0 bridgehead atoms. The number of benzene rings is 1. The van der Waals surface area contributed by atoms with Gasteiger partial charge in [0.1, 0.15) is 5.56 Å². The van der Waals surface area contributed by atoms with Gasteiger partial charge in [-0.15, -0.1) is 0 Å². The third kappa shape index (κ3) is 3.02. The molecule has 0 fully saturated rings. The molecule has 0 aliphatic heterocycles. The summed E-state index contributed by atoms with van der Waals surface area (Å²) in [6.45, 7) is 1.18. The van der Waals surface area contributed by atoms with Gasteiger partial charge in [0.25, 0.3) is 11.4 Å². The molecule has 0 heterocycles. The van der Waals surface area contributed by atoms with E-state index in [0.29, 0.717) is 0 Å². The summed E-state index contributed by atoms with van der Waals surface area (Å²) >= 11 is 0. The van der Waals surface area contributed by atoms with E-state index in [4.69, 9.17) is 0 Å². The maximum absolute atomic E-state index is 10.5. The largest absolute Gasteiger partial charge is 1.00 e. The minimum atomic E-state index is -1.70. The van der Waals surface area contributed by atoms with Crippen molar-refractivity contribution in [3.8, 4) is 0 Å². The monoisotopic (exact) mass is 232 g/mol. The molecule has 0 aromatic heterocycles. The molecule has 1 aromatic rings. The number of aromatic carboxylic acids is 1. The van der Waals surface area contributed by atoms with Gasteiger partial charge >= 0.3 is 18.9 Å². The van der Waals surface area contributed by atoms with E-state index in [1.54, 1.807) is 0 Å². The average Bonchev–Trinajstić information content (AvgIpc) is 2.16. The molecule has 0 amide bonds. The van der Waals surface area contributed by atoms with Crippen LogP contribution in [0.2, 0.25) is 0 Å². The van der Waals surface area contributed by atoms with E-state index in [2.05, 4.69) is 0 Å². The zero-order chi connectivity index (χ0) is 12.5. The van der Waals surface area contributed by atoms with Crippen LogP contribution in [0, 0.1) is 27.2 Å². The normalized spacial score (nSPS) is 9.24.